The summed E-state index contributed by atoms with van der Waals surface area (Å²) in [5.74, 6) is 3.82. The molecule has 26 aromatic rings. The van der Waals surface area contributed by atoms with E-state index in [9.17, 15) is 0 Å². The van der Waals surface area contributed by atoms with Crippen LogP contribution in [0, 0.1) is 0 Å². The zero-order valence-electron chi connectivity index (χ0n) is 67.7. The van der Waals surface area contributed by atoms with Gasteiger partial charge in [0.1, 0.15) is 22.3 Å². The largest absolute Gasteiger partial charge is 0.456 e. The molecule has 588 valence electrons. The molecule has 0 atom stereocenters. The van der Waals surface area contributed by atoms with Crippen LogP contribution in [0.1, 0.15) is 0 Å². The van der Waals surface area contributed by atoms with Crippen molar-refractivity contribution in [3.05, 3.63) is 425 Å². The molecule has 126 heavy (non-hydrogen) atoms. The average Bonchev–Trinajstić information content (AvgIpc) is 1.57. The third kappa shape index (κ3) is 11.9. The summed E-state index contributed by atoms with van der Waals surface area (Å²) >= 11 is 0. The lowest BCUT2D eigenvalue weighted by Gasteiger charge is -2.12. The fourth-order valence-electron chi connectivity index (χ4n) is 19.0. The molecule has 0 radical (unpaired) electrons. The molecule has 8 aromatic heterocycles. The zero-order chi connectivity index (χ0) is 82.9. The molecule has 26 rings (SSSR count). The molecule has 0 spiro atoms. The van der Waals surface area contributed by atoms with Crippen LogP contribution >= 0.6 is 0 Å². The predicted octanol–water partition coefficient (Wildman–Crippen LogP) is 29.3. The molecule has 0 aliphatic heterocycles. The van der Waals surface area contributed by atoms with Crippen molar-refractivity contribution in [2.75, 3.05) is 0 Å². The molecular formula is C114H70N10O2. The molecule has 0 N–H and O–H groups in total. The molecular weight excluding hydrogens is 1540 g/mol. The minimum Gasteiger partial charge on any atom is -0.456 e. The number of para-hydroxylation sites is 6. The number of fused-ring (bicyclic) bond motifs is 18. The molecule has 0 bridgehead atoms. The minimum absolute atomic E-state index is 0.622. The van der Waals surface area contributed by atoms with Crippen molar-refractivity contribution in [2.45, 2.75) is 0 Å². The number of aromatic nitrogens is 10. The van der Waals surface area contributed by atoms with E-state index in [4.69, 9.17) is 38.7 Å². The summed E-state index contributed by atoms with van der Waals surface area (Å²) in [7, 11) is 0. The first-order valence-corrected chi connectivity index (χ1v) is 42.4. The van der Waals surface area contributed by atoms with Crippen LogP contribution in [0.25, 0.3) is 244 Å². The Bertz CT molecular complexity index is 8730. The minimum atomic E-state index is 0.622. The number of hydrogen-bond acceptors (Lipinski definition) is 8. The van der Waals surface area contributed by atoms with Gasteiger partial charge in [0.05, 0.1) is 44.1 Å². The van der Waals surface area contributed by atoms with Crippen molar-refractivity contribution >= 4 is 131 Å². The molecule has 0 saturated carbocycles. The van der Waals surface area contributed by atoms with Gasteiger partial charge < -0.3 is 27.1 Å². The van der Waals surface area contributed by atoms with Gasteiger partial charge in [-0.2, -0.15) is 0 Å². The van der Waals surface area contributed by atoms with Crippen LogP contribution in [-0.2, 0) is 0 Å². The SMILES string of the molecule is c1ccc(-c2nc(-c3ccccc3)nc(-c3ccc(-n4c5ccccc5c5c(-c6ccc7c(c6)c6ccccc6n7-c6ccc7oc8ccccc8c7c6)cccc54)cc3)n2)cc1.c1ccc(-c2nc(-c3ccccc3)nc(-c3cccc(-n4c5ccccc5c5c(-c6ccc7c(c6)c6ccccc6n7-c6ccc7oc8ccccc8c7c6)cccc54)c3)n2)cc1. The molecule has 8 heterocycles. The number of benzene rings is 18. The highest BCUT2D eigenvalue weighted by Crippen LogP contribution is 2.46. The highest BCUT2D eigenvalue weighted by Gasteiger charge is 2.25. The Balaban J connectivity index is 0.000000137. The monoisotopic (exact) mass is 1610 g/mol. The summed E-state index contributed by atoms with van der Waals surface area (Å²) < 4.78 is 21.9. The third-order valence-corrected chi connectivity index (χ3v) is 24.7. The summed E-state index contributed by atoms with van der Waals surface area (Å²) in [6.45, 7) is 0. The van der Waals surface area contributed by atoms with E-state index < -0.39 is 0 Å². The standard InChI is InChI=1S/2C57H35N5O/c1-3-15-36(16-4-1)55-58-56(37-17-5-2-6-18-37)60-57(59-55)39-19-13-20-40(33-39)62-49-26-11-8-23-45(49)54-42(24-14-27-51(54)62)38-29-31-50-46(34-38)43-21-7-10-25-48(43)61(50)41-30-32-53-47(35-41)44-22-9-12-28-52(44)63-53;1-3-14-36(15-4-1)55-58-56(37-16-5-2-6-17-37)60-57(59-55)38-26-29-40(30-27-38)61-49-23-11-8-20-45(49)54-42(21-13-24-51(54)61)39-28-32-50-46(34-39)43-18-7-10-22-48(43)62(50)41-31-33-53-47(35-41)44-19-9-12-25-52(44)63-53/h2*1-35H. The van der Waals surface area contributed by atoms with E-state index in [1.807, 2.05) is 146 Å². The van der Waals surface area contributed by atoms with Crippen LogP contribution in [0.15, 0.2) is 433 Å². The van der Waals surface area contributed by atoms with Crippen LogP contribution in [-0.4, -0.2) is 48.2 Å². The molecule has 0 fully saturated rings. The van der Waals surface area contributed by atoms with Crippen LogP contribution in [0.5, 0.6) is 0 Å². The number of hydrogen-bond donors (Lipinski definition) is 0. The Morgan fingerprint density at radius 1 is 0.151 bits per heavy atom. The van der Waals surface area contributed by atoms with Crippen LogP contribution in [0.3, 0.4) is 0 Å². The van der Waals surface area contributed by atoms with Gasteiger partial charge in [0.15, 0.2) is 34.9 Å². The average molecular weight is 1610 g/mol. The van der Waals surface area contributed by atoms with Gasteiger partial charge in [0.25, 0.3) is 0 Å². The molecule has 0 unspecified atom stereocenters. The molecule has 12 heteroatoms. The Morgan fingerprint density at radius 3 is 0.849 bits per heavy atom. The van der Waals surface area contributed by atoms with E-state index in [0.717, 1.165) is 144 Å². The van der Waals surface area contributed by atoms with Gasteiger partial charge in [-0.15, -0.1) is 0 Å². The summed E-state index contributed by atoms with van der Waals surface area (Å²) in [6.07, 6.45) is 0. The quantitative estimate of drug-likeness (QED) is 0.118. The second-order valence-electron chi connectivity index (χ2n) is 32.0. The molecule has 0 aliphatic rings. The van der Waals surface area contributed by atoms with E-state index in [1.54, 1.807) is 0 Å². The Kier molecular flexibility index (Phi) is 16.7. The second kappa shape index (κ2) is 29.3. The summed E-state index contributed by atoms with van der Waals surface area (Å²) in [6, 6.07) is 149. The maximum atomic E-state index is 6.21. The first-order valence-electron chi connectivity index (χ1n) is 42.4. The maximum absolute atomic E-state index is 6.21. The first-order chi connectivity index (χ1) is 62.5. The third-order valence-electron chi connectivity index (χ3n) is 24.7. The summed E-state index contributed by atoms with van der Waals surface area (Å²) in [4.78, 5) is 29.9. The van der Waals surface area contributed by atoms with Crippen molar-refractivity contribution in [3.8, 4) is 113 Å². The van der Waals surface area contributed by atoms with Crippen molar-refractivity contribution in [3.63, 3.8) is 0 Å². The molecule has 0 amide bonds. The van der Waals surface area contributed by atoms with Gasteiger partial charge in [-0.1, -0.05) is 279 Å². The molecule has 18 aromatic carbocycles. The molecule has 12 nitrogen and oxygen atoms in total. The van der Waals surface area contributed by atoms with Crippen molar-refractivity contribution < 1.29 is 8.83 Å². The van der Waals surface area contributed by atoms with Crippen LogP contribution in [0.4, 0.5) is 0 Å². The van der Waals surface area contributed by atoms with Crippen LogP contribution < -0.4 is 0 Å². The highest BCUT2D eigenvalue weighted by molar-refractivity contribution is 6.20. The van der Waals surface area contributed by atoms with Gasteiger partial charge in [0, 0.05) is 121 Å². The van der Waals surface area contributed by atoms with Crippen molar-refractivity contribution in [1.82, 2.24) is 48.2 Å². The van der Waals surface area contributed by atoms with Gasteiger partial charge in [-0.05, 0) is 168 Å². The lowest BCUT2D eigenvalue weighted by Crippen LogP contribution is -2.01. The van der Waals surface area contributed by atoms with E-state index in [0.29, 0.717) is 34.9 Å². The van der Waals surface area contributed by atoms with Gasteiger partial charge in [-0.3, -0.25) is 0 Å². The summed E-state index contributed by atoms with van der Waals surface area (Å²) in [5, 5.41) is 14.1. The van der Waals surface area contributed by atoms with E-state index in [2.05, 4.69) is 297 Å². The lowest BCUT2D eigenvalue weighted by atomic mass is 9.98. The topological polar surface area (TPSA) is 123 Å². The van der Waals surface area contributed by atoms with E-state index in [1.165, 1.54) is 65.3 Å². The normalized spacial score (nSPS) is 11.8. The van der Waals surface area contributed by atoms with Crippen LogP contribution in [0.2, 0.25) is 0 Å². The predicted molar refractivity (Wildman–Crippen MR) is 515 cm³/mol. The van der Waals surface area contributed by atoms with Crippen molar-refractivity contribution in [2.24, 2.45) is 0 Å². The molecule has 0 aliphatic carbocycles. The Morgan fingerprint density at radius 2 is 0.429 bits per heavy atom. The summed E-state index contributed by atoms with van der Waals surface area (Å²) in [5.41, 5.74) is 27.4. The Hall–Kier alpha value is -17.2. The maximum Gasteiger partial charge on any atom is 0.164 e. The van der Waals surface area contributed by atoms with Gasteiger partial charge >= 0.3 is 0 Å². The van der Waals surface area contributed by atoms with Gasteiger partial charge in [0.2, 0.25) is 0 Å². The fourth-order valence-corrected chi connectivity index (χ4v) is 19.0. The Labute approximate surface area is 721 Å². The smallest absolute Gasteiger partial charge is 0.164 e. The van der Waals surface area contributed by atoms with Gasteiger partial charge in [-0.25, -0.2) is 29.9 Å². The van der Waals surface area contributed by atoms with E-state index in [-0.39, 0.29) is 0 Å². The van der Waals surface area contributed by atoms with E-state index >= 15 is 0 Å². The van der Waals surface area contributed by atoms with Crippen molar-refractivity contribution in [1.29, 1.82) is 0 Å². The second-order valence-corrected chi connectivity index (χ2v) is 32.0. The number of furan rings is 2. The molecule has 0 saturated heterocycles. The lowest BCUT2D eigenvalue weighted by molar-refractivity contribution is 0.668. The zero-order valence-corrected chi connectivity index (χ0v) is 67.7. The first kappa shape index (κ1) is 71.7. The number of rotatable bonds is 12. The highest BCUT2D eigenvalue weighted by atomic mass is 16.3. The fraction of sp³-hybridized carbons (Fsp3) is 0. The number of nitrogens with zero attached hydrogens (tertiary/aromatic N) is 10.